The molecule has 3 aromatic carbocycles. The van der Waals surface area contributed by atoms with Crippen LogP contribution in [0, 0.1) is 12.7 Å². The molecule has 1 amide bonds. The summed E-state index contributed by atoms with van der Waals surface area (Å²) in [6.45, 7) is 1.33. The van der Waals surface area contributed by atoms with Crippen molar-refractivity contribution in [1.29, 1.82) is 0 Å². The zero-order chi connectivity index (χ0) is 23.3. The summed E-state index contributed by atoms with van der Waals surface area (Å²) in [4.78, 5) is 12.0. The number of carbonyl (C=O) groups excluding carboxylic acids is 1. The lowest BCUT2D eigenvalue weighted by Gasteiger charge is -2.12. The Kier molecular flexibility index (Phi) is 7.22. The molecule has 32 heavy (non-hydrogen) atoms. The van der Waals surface area contributed by atoms with E-state index in [0.29, 0.717) is 22.7 Å². The van der Waals surface area contributed by atoms with Crippen molar-refractivity contribution in [3.63, 3.8) is 0 Å². The Bertz CT molecular complexity index is 1230. The molecule has 0 saturated heterocycles. The van der Waals surface area contributed by atoms with Gasteiger partial charge in [-0.05, 0) is 67.1 Å². The summed E-state index contributed by atoms with van der Waals surface area (Å²) in [7, 11) is -2.39. The summed E-state index contributed by atoms with van der Waals surface area (Å²) in [6, 6.07) is 14.3. The molecule has 10 heteroatoms. The Morgan fingerprint density at radius 3 is 2.44 bits per heavy atom. The number of hydrogen-bond acceptors (Lipinski definition) is 5. The highest BCUT2D eigenvalue weighted by Gasteiger charge is 2.17. The van der Waals surface area contributed by atoms with Crippen molar-refractivity contribution in [3.8, 4) is 11.5 Å². The summed E-state index contributed by atoms with van der Waals surface area (Å²) in [5, 5.41) is 2.56. The molecule has 3 aromatic rings. The van der Waals surface area contributed by atoms with Gasteiger partial charge in [0.1, 0.15) is 17.3 Å². The first kappa shape index (κ1) is 23.4. The molecule has 0 radical (unpaired) electrons. The van der Waals surface area contributed by atoms with Crippen molar-refractivity contribution in [2.75, 3.05) is 23.8 Å². The average Bonchev–Trinajstić information content (AvgIpc) is 2.75. The van der Waals surface area contributed by atoms with E-state index >= 15 is 0 Å². The maximum Gasteiger partial charge on any atom is 0.262 e. The molecule has 3 rings (SSSR count). The van der Waals surface area contributed by atoms with Crippen molar-refractivity contribution in [2.24, 2.45) is 0 Å². The van der Waals surface area contributed by atoms with Crippen LogP contribution < -0.4 is 19.5 Å². The van der Waals surface area contributed by atoms with Gasteiger partial charge in [-0.3, -0.25) is 9.52 Å². The number of nitrogens with one attached hydrogen (secondary N) is 2. The van der Waals surface area contributed by atoms with E-state index in [2.05, 4.69) is 10.0 Å². The van der Waals surface area contributed by atoms with Crippen LogP contribution in [0.25, 0.3) is 0 Å². The fourth-order valence-corrected chi connectivity index (χ4v) is 4.08. The van der Waals surface area contributed by atoms with Crippen LogP contribution in [0.3, 0.4) is 0 Å². The smallest absolute Gasteiger partial charge is 0.262 e. The van der Waals surface area contributed by atoms with Gasteiger partial charge in [-0.15, -0.1) is 0 Å². The minimum Gasteiger partial charge on any atom is -0.497 e. The van der Waals surface area contributed by atoms with Crippen molar-refractivity contribution in [3.05, 3.63) is 77.1 Å². The number of benzene rings is 3. The van der Waals surface area contributed by atoms with Crippen LogP contribution in [0.1, 0.15) is 5.56 Å². The highest BCUT2D eigenvalue weighted by molar-refractivity contribution is 7.92. The normalized spacial score (nSPS) is 11.0. The Labute approximate surface area is 190 Å². The van der Waals surface area contributed by atoms with Crippen LogP contribution in [0.2, 0.25) is 5.02 Å². The van der Waals surface area contributed by atoms with E-state index in [4.69, 9.17) is 21.1 Å². The second kappa shape index (κ2) is 9.88. The van der Waals surface area contributed by atoms with Crippen molar-refractivity contribution < 1.29 is 27.1 Å². The molecule has 7 nitrogen and oxygen atoms in total. The standard InChI is InChI=1S/C22H20ClFN2O5S/c1-14-3-4-15(24)11-20(14)25-22(27)13-31-21-10-9-18(12-19(21)23)32(28,29)26-16-5-7-17(30-2)8-6-16/h3-12,26H,13H2,1-2H3,(H,25,27). The fraction of sp³-hybridized carbons (Fsp3) is 0.136. The molecule has 0 aliphatic rings. The van der Waals surface area contributed by atoms with Gasteiger partial charge >= 0.3 is 0 Å². The topological polar surface area (TPSA) is 93.7 Å². The quantitative estimate of drug-likeness (QED) is 0.493. The third-order valence-electron chi connectivity index (χ3n) is 4.39. The van der Waals surface area contributed by atoms with E-state index in [1.807, 2.05) is 0 Å². The van der Waals surface area contributed by atoms with Crippen LogP contribution >= 0.6 is 11.6 Å². The lowest BCUT2D eigenvalue weighted by atomic mass is 10.2. The average molecular weight is 479 g/mol. The monoisotopic (exact) mass is 478 g/mol. The van der Waals surface area contributed by atoms with Gasteiger partial charge in [0.15, 0.2) is 6.61 Å². The molecule has 0 atom stereocenters. The number of ether oxygens (including phenoxy) is 2. The lowest BCUT2D eigenvalue weighted by molar-refractivity contribution is -0.118. The van der Waals surface area contributed by atoms with Gasteiger partial charge in [-0.25, -0.2) is 12.8 Å². The third-order valence-corrected chi connectivity index (χ3v) is 6.06. The van der Waals surface area contributed by atoms with Crippen LogP contribution in [0.5, 0.6) is 11.5 Å². The number of aryl methyl sites for hydroxylation is 1. The number of rotatable bonds is 8. The number of amides is 1. The molecule has 0 fully saturated rings. The van der Waals surface area contributed by atoms with Gasteiger partial charge < -0.3 is 14.8 Å². The second-order valence-electron chi connectivity index (χ2n) is 6.72. The molecular weight excluding hydrogens is 459 g/mol. The first-order valence-electron chi connectivity index (χ1n) is 9.33. The van der Waals surface area contributed by atoms with E-state index in [-0.39, 0.29) is 15.7 Å². The van der Waals surface area contributed by atoms with Crippen LogP contribution in [-0.2, 0) is 14.8 Å². The molecule has 0 unspecified atom stereocenters. The first-order chi connectivity index (χ1) is 15.2. The molecular formula is C22H20ClFN2O5S. The fourth-order valence-electron chi connectivity index (χ4n) is 2.70. The van der Waals surface area contributed by atoms with Gasteiger partial charge in [0.2, 0.25) is 0 Å². The van der Waals surface area contributed by atoms with Gasteiger partial charge in [-0.1, -0.05) is 17.7 Å². The first-order valence-corrected chi connectivity index (χ1v) is 11.2. The van der Waals surface area contributed by atoms with Crippen LogP contribution in [-0.4, -0.2) is 28.0 Å². The molecule has 0 aromatic heterocycles. The lowest BCUT2D eigenvalue weighted by Crippen LogP contribution is -2.21. The van der Waals surface area contributed by atoms with Gasteiger partial charge in [-0.2, -0.15) is 0 Å². The highest BCUT2D eigenvalue weighted by Crippen LogP contribution is 2.28. The van der Waals surface area contributed by atoms with Crippen molar-refractivity contribution >= 4 is 38.9 Å². The third kappa shape index (κ3) is 5.89. The summed E-state index contributed by atoms with van der Waals surface area (Å²) in [6.07, 6.45) is 0. The molecule has 0 heterocycles. The van der Waals surface area contributed by atoms with Crippen molar-refractivity contribution in [2.45, 2.75) is 11.8 Å². The number of carbonyl (C=O) groups is 1. The SMILES string of the molecule is COc1ccc(NS(=O)(=O)c2ccc(OCC(=O)Nc3cc(F)ccc3C)c(Cl)c2)cc1. The van der Waals surface area contributed by atoms with Crippen LogP contribution in [0.15, 0.2) is 65.6 Å². The van der Waals surface area contributed by atoms with Gasteiger partial charge in [0.25, 0.3) is 15.9 Å². The number of halogens is 2. The molecule has 0 aliphatic heterocycles. The van der Waals surface area contributed by atoms with E-state index in [0.717, 1.165) is 0 Å². The maximum atomic E-state index is 13.3. The molecule has 0 spiro atoms. The molecule has 0 bridgehead atoms. The van der Waals surface area contributed by atoms with E-state index < -0.39 is 28.4 Å². The second-order valence-corrected chi connectivity index (χ2v) is 8.81. The van der Waals surface area contributed by atoms with E-state index in [9.17, 15) is 17.6 Å². The largest absolute Gasteiger partial charge is 0.497 e. The highest BCUT2D eigenvalue weighted by atomic mass is 35.5. The predicted molar refractivity (Wildman–Crippen MR) is 121 cm³/mol. The molecule has 0 aliphatic carbocycles. The Morgan fingerprint density at radius 1 is 1.06 bits per heavy atom. The number of methoxy groups -OCH3 is 1. The summed E-state index contributed by atoms with van der Waals surface area (Å²) in [5.41, 5.74) is 1.37. The summed E-state index contributed by atoms with van der Waals surface area (Å²) in [5.74, 6) is -0.280. The minimum absolute atomic E-state index is 0.0114. The summed E-state index contributed by atoms with van der Waals surface area (Å²) < 4.78 is 51.4. The zero-order valence-corrected chi connectivity index (χ0v) is 18.8. The van der Waals surface area contributed by atoms with Gasteiger partial charge in [0.05, 0.1) is 17.0 Å². The zero-order valence-electron chi connectivity index (χ0n) is 17.2. The molecule has 2 N–H and O–H groups in total. The van der Waals surface area contributed by atoms with E-state index in [1.54, 1.807) is 37.3 Å². The summed E-state index contributed by atoms with van der Waals surface area (Å²) >= 11 is 6.15. The van der Waals surface area contributed by atoms with Gasteiger partial charge in [0, 0.05) is 11.4 Å². The number of sulfonamides is 1. The Hall–Kier alpha value is -3.30. The number of anilines is 2. The number of hydrogen-bond donors (Lipinski definition) is 2. The Balaban J connectivity index is 1.65. The Morgan fingerprint density at radius 2 is 1.78 bits per heavy atom. The van der Waals surface area contributed by atoms with Crippen LogP contribution in [0.4, 0.5) is 15.8 Å². The van der Waals surface area contributed by atoms with E-state index in [1.165, 1.54) is 37.4 Å². The molecule has 0 saturated carbocycles. The predicted octanol–water partition coefficient (Wildman–Crippen LogP) is 4.61. The maximum absolute atomic E-state index is 13.3. The van der Waals surface area contributed by atoms with Crippen molar-refractivity contribution in [1.82, 2.24) is 0 Å². The minimum atomic E-state index is -3.90. The molecule has 168 valence electrons.